The summed E-state index contributed by atoms with van der Waals surface area (Å²) in [5.41, 5.74) is -0.678. The van der Waals surface area contributed by atoms with Crippen LogP contribution in [0.3, 0.4) is 0 Å². The highest BCUT2D eigenvalue weighted by Gasteiger charge is 2.54. The van der Waals surface area contributed by atoms with E-state index in [-0.39, 0.29) is 17.9 Å². The Kier molecular flexibility index (Phi) is 4.67. The monoisotopic (exact) mass is 355 g/mol. The third-order valence-electron chi connectivity index (χ3n) is 4.94. The Balaban J connectivity index is 1.68. The van der Waals surface area contributed by atoms with Crippen molar-refractivity contribution in [3.05, 3.63) is 21.3 Å². The summed E-state index contributed by atoms with van der Waals surface area (Å²) in [7, 11) is 1.91. The first-order valence-electron chi connectivity index (χ1n) is 7.99. The molecule has 7 heteroatoms. The van der Waals surface area contributed by atoms with Gasteiger partial charge in [0.1, 0.15) is 5.54 Å². The molecule has 3 amide bonds. The van der Waals surface area contributed by atoms with Crippen molar-refractivity contribution in [2.45, 2.75) is 44.7 Å². The molecule has 1 spiro atoms. The minimum absolute atomic E-state index is 0.0641. The summed E-state index contributed by atoms with van der Waals surface area (Å²) in [6, 6.07) is 3.57. The number of nitrogens with zero attached hydrogens (tertiary/aromatic N) is 2. The average molecular weight is 356 g/mol. The molecule has 1 N–H and O–H groups in total. The third-order valence-corrected chi connectivity index (χ3v) is 6.15. The van der Waals surface area contributed by atoms with Gasteiger partial charge >= 0.3 is 6.03 Å². The largest absolute Gasteiger partial charge is 0.326 e. The summed E-state index contributed by atoms with van der Waals surface area (Å²) in [6.45, 7) is 3.03. The van der Waals surface area contributed by atoms with Crippen molar-refractivity contribution in [3.8, 4) is 0 Å². The van der Waals surface area contributed by atoms with E-state index in [1.165, 1.54) is 16.2 Å². The molecule has 1 saturated heterocycles. The molecule has 23 heavy (non-hydrogen) atoms. The minimum Gasteiger partial charge on any atom is -0.323 e. The van der Waals surface area contributed by atoms with Gasteiger partial charge in [0.2, 0.25) is 0 Å². The van der Waals surface area contributed by atoms with Gasteiger partial charge in [0, 0.05) is 11.4 Å². The summed E-state index contributed by atoms with van der Waals surface area (Å²) >= 11 is 7.46. The lowest BCUT2D eigenvalue weighted by Gasteiger charge is -2.37. The Morgan fingerprint density at radius 2 is 2.22 bits per heavy atom. The maximum Gasteiger partial charge on any atom is 0.326 e. The van der Waals surface area contributed by atoms with Crippen LogP contribution in [-0.2, 0) is 11.3 Å². The van der Waals surface area contributed by atoms with Crippen LogP contribution in [0.2, 0.25) is 4.34 Å². The van der Waals surface area contributed by atoms with E-state index < -0.39 is 5.54 Å². The molecule has 0 unspecified atom stereocenters. The van der Waals surface area contributed by atoms with Crippen LogP contribution in [0.4, 0.5) is 4.79 Å². The zero-order valence-electron chi connectivity index (χ0n) is 13.5. The van der Waals surface area contributed by atoms with Gasteiger partial charge in [-0.2, -0.15) is 0 Å². The number of carbonyl (C=O) groups is 2. The van der Waals surface area contributed by atoms with Crippen LogP contribution in [0.25, 0.3) is 0 Å². The van der Waals surface area contributed by atoms with E-state index in [1.807, 2.05) is 24.1 Å². The smallest absolute Gasteiger partial charge is 0.323 e. The van der Waals surface area contributed by atoms with Crippen molar-refractivity contribution < 1.29 is 9.59 Å². The van der Waals surface area contributed by atoms with E-state index in [1.54, 1.807) is 0 Å². The molecular weight excluding hydrogens is 334 g/mol. The molecule has 1 aromatic rings. The first-order valence-corrected chi connectivity index (χ1v) is 9.19. The normalized spacial score (nSPS) is 28.0. The second-order valence-electron chi connectivity index (χ2n) is 6.64. The van der Waals surface area contributed by atoms with Gasteiger partial charge < -0.3 is 5.32 Å². The van der Waals surface area contributed by atoms with Gasteiger partial charge in [0.25, 0.3) is 5.91 Å². The SMILES string of the molecule is C[C@@H]1CCCC[C@]12NC(=O)N(CN(C)Cc1ccc(Cl)s1)C2=O. The molecule has 5 nitrogen and oxygen atoms in total. The number of halogens is 1. The predicted octanol–water partition coefficient (Wildman–Crippen LogP) is 3.29. The Labute approximate surface area is 145 Å². The Hall–Kier alpha value is -1.11. The summed E-state index contributed by atoms with van der Waals surface area (Å²) in [5.74, 6) is 0.130. The summed E-state index contributed by atoms with van der Waals surface area (Å²) in [6.07, 6.45) is 3.86. The number of hydrogen-bond acceptors (Lipinski definition) is 4. The maximum absolute atomic E-state index is 12.9. The fourth-order valence-corrected chi connectivity index (χ4v) is 4.79. The molecule has 1 saturated carbocycles. The van der Waals surface area contributed by atoms with E-state index in [0.717, 1.165) is 34.9 Å². The molecule has 1 aliphatic heterocycles. The number of urea groups is 1. The quantitative estimate of drug-likeness (QED) is 0.843. The Bertz CT molecular complexity index is 620. The van der Waals surface area contributed by atoms with Crippen molar-refractivity contribution in [1.29, 1.82) is 0 Å². The van der Waals surface area contributed by atoms with E-state index >= 15 is 0 Å². The number of nitrogens with one attached hydrogen (secondary N) is 1. The molecular formula is C16H22ClN3O2S. The van der Waals surface area contributed by atoms with Gasteiger partial charge in [-0.15, -0.1) is 11.3 Å². The Morgan fingerprint density at radius 3 is 2.87 bits per heavy atom. The van der Waals surface area contributed by atoms with Gasteiger partial charge in [0.05, 0.1) is 11.0 Å². The molecule has 1 aromatic heterocycles. The predicted molar refractivity (Wildman–Crippen MR) is 91.4 cm³/mol. The zero-order chi connectivity index (χ0) is 16.6. The van der Waals surface area contributed by atoms with Gasteiger partial charge in [-0.05, 0) is 37.9 Å². The molecule has 126 valence electrons. The summed E-state index contributed by atoms with van der Waals surface area (Å²) in [4.78, 5) is 29.7. The minimum atomic E-state index is -0.678. The first-order chi connectivity index (χ1) is 10.9. The van der Waals surface area contributed by atoms with Crippen LogP contribution in [0, 0.1) is 5.92 Å². The lowest BCUT2D eigenvalue weighted by molar-refractivity contribution is -0.135. The highest BCUT2D eigenvalue weighted by molar-refractivity contribution is 7.16. The van der Waals surface area contributed by atoms with Crippen LogP contribution >= 0.6 is 22.9 Å². The van der Waals surface area contributed by atoms with Crippen molar-refractivity contribution >= 4 is 34.9 Å². The summed E-state index contributed by atoms with van der Waals surface area (Å²) < 4.78 is 0.748. The number of imide groups is 1. The van der Waals surface area contributed by atoms with E-state index in [2.05, 4.69) is 12.2 Å². The van der Waals surface area contributed by atoms with Crippen molar-refractivity contribution in [2.75, 3.05) is 13.7 Å². The second kappa shape index (κ2) is 6.42. The number of carbonyl (C=O) groups excluding carboxylic acids is 2. The highest BCUT2D eigenvalue weighted by Crippen LogP contribution is 2.38. The lowest BCUT2D eigenvalue weighted by atomic mass is 9.73. The van der Waals surface area contributed by atoms with Gasteiger partial charge in [0.15, 0.2) is 0 Å². The molecule has 0 radical (unpaired) electrons. The van der Waals surface area contributed by atoms with Crippen molar-refractivity contribution in [1.82, 2.24) is 15.1 Å². The van der Waals surface area contributed by atoms with Crippen LogP contribution in [0.5, 0.6) is 0 Å². The van der Waals surface area contributed by atoms with E-state index in [4.69, 9.17) is 11.6 Å². The zero-order valence-corrected chi connectivity index (χ0v) is 15.0. The Morgan fingerprint density at radius 1 is 1.43 bits per heavy atom. The van der Waals surface area contributed by atoms with Crippen LogP contribution in [0.15, 0.2) is 12.1 Å². The second-order valence-corrected chi connectivity index (χ2v) is 8.44. The highest BCUT2D eigenvalue weighted by atomic mass is 35.5. The number of thiophene rings is 1. The van der Waals surface area contributed by atoms with Crippen LogP contribution in [-0.4, -0.2) is 41.0 Å². The standard InChI is InChI=1S/C16H22ClN3O2S/c1-11-5-3-4-8-16(11)14(21)20(15(22)18-16)10-19(2)9-12-6-7-13(17)23-12/h6-7,11H,3-5,8-10H2,1-2H3,(H,18,22)/t11-,16+/m1/s1. The fraction of sp³-hybridized carbons (Fsp3) is 0.625. The maximum atomic E-state index is 12.9. The molecule has 2 fully saturated rings. The first kappa shape index (κ1) is 16.7. The van der Waals surface area contributed by atoms with E-state index in [9.17, 15) is 9.59 Å². The molecule has 1 aliphatic carbocycles. The average Bonchev–Trinajstić information content (AvgIpc) is 3.00. The van der Waals surface area contributed by atoms with Gasteiger partial charge in [-0.1, -0.05) is 31.4 Å². The number of amides is 3. The fourth-order valence-electron chi connectivity index (χ4n) is 3.62. The van der Waals surface area contributed by atoms with Crippen molar-refractivity contribution in [2.24, 2.45) is 5.92 Å². The molecule has 2 heterocycles. The molecule has 0 bridgehead atoms. The van der Waals surface area contributed by atoms with Crippen molar-refractivity contribution in [3.63, 3.8) is 0 Å². The van der Waals surface area contributed by atoms with Crippen LogP contribution in [0.1, 0.15) is 37.5 Å². The number of rotatable bonds is 4. The molecule has 3 rings (SSSR count). The van der Waals surface area contributed by atoms with E-state index in [0.29, 0.717) is 13.2 Å². The van der Waals surface area contributed by atoms with Gasteiger partial charge in [-0.25, -0.2) is 9.69 Å². The third kappa shape index (κ3) is 3.12. The molecule has 2 atom stereocenters. The molecule has 0 aromatic carbocycles. The van der Waals surface area contributed by atoms with Crippen LogP contribution < -0.4 is 5.32 Å². The topological polar surface area (TPSA) is 52.7 Å². The summed E-state index contributed by atoms with van der Waals surface area (Å²) in [5, 5.41) is 2.98. The van der Waals surface area contributed by atoms with Gasteiger partial charge in [-0.3, -0.25) is 9.69 Å². The lowest BCUT2D eigenvalue weighted by Crippen LogP contribution is -2.54. The molecule has 2 aliphatic rings. The number of hydrogen-bond donors (Lipinski definition) is 1.